The first kappa shape index (κ1) is 24.4. The van der Waals surface area contributed by atoms with Gasteiger partial charge in [0.15, 0.2) is 5.65 Å². The first-order valence-electron chi connectivity index (χ1n) is 11.4. The van der Waals surface area contributed by atoms with Crippen molar-refractivity contribution in [3.63, 3.8) is 0 Å². The molecule has 7 nitrogen and oxygen atoms in total. The van der Waals surface area contributed by atoms with Crippen molar-refractivity contribution in [2.24, 2.45) is 0 Å². The lowest BCUT2D eigenvalue weighted by Gasteiger charge is -2.19. The van der Waals surface area contributed by atoms with Gasteiger partial charge in [0.25, 0.3) is 5.91 Å². The van der Waals surface area contributed by atoms with E-state index in [0.29, 0.717) is 38.7 Å². The number of carbonyl (C=O) groups excluding carboxylic acids is 2. The van der Waals surface area contributed by atoms with Crippen LogP contribution in [0.2, 0.25) is 5.02 Å². The van der Waals surface area contributed by atoms with Gasteiger partial charge in [-0.3, -0.25) is 9.59 Å². The van der Waals surface area contributed by atoms with E-state index >= 15 is 0 Å². The van der Waals surface area contributed by atoms with Crippen LogP contribution >= 0.6 is 11.6 Å². The summed E-state index contributed by atoms with van der Waals surface area (Å²) in [6.07, 6.45) is 0.0215. The molecule has 1 N–H and O–H groups in total. The molecule has 0 spiro atoms. The van der Waals surface area contributed by atoms with Crippen LogP contribution in [-0.2, 0) is 9.53 Å². The zero-order valence-electron chi connectivity index (χ0n) is 20.1. The molecular weight excluding hydrogens is 464 g/mol. The van der Waals surface area contributed by atoms with Crippen LogP contribution in [0.3, 0.4) is 0 Å². The molecule has 0 aliphatic heterocycles. The van der Waals surface area contributed by atoms with Gasteiger partial charge in [-0.1, -0.05) is 53.6 Å². The molecule has 1 amide bonds. The number of aromatic nitrogens is 3. The first-order valence-corrected chi connectivity index (χ1v) is 11.8. The van der Waals surface area contributed by atoms with Crippen LogP contribution in [0.5, 0.6) is 0 Å². The van der Waals surface area contributed by atoms with Crippen molar-refractivity contribution in [1.82, 2.24) is 20.1 Å². The maximum Gasteiger partial charge on any atom is 0.308 e. The lowest BCUT2D eigenvalue weighted by atomic mass is 10.0. The number of para-hydroxylation sites is 1. The monoisotopic (exact) mass is 490 g/mol. The van der Waals surface area contributed by atoms with Gasteiger partial charge in [0, 0.05) is 5.69 Å². The number of pyridine rings is 1. The molecule has 4 rings (SSSR count). The maximum absolute atomic E-state index is 13.6. The molecule has 0 fully saturated rings. The minimum absolute atomic E-state index is 0.0215. The quantitative estimate of drug-likeness (QED) is 0.349. The number of fused-ring (bicyclic) bond motifs is 1. The Kier molecular flexibility index (Phi) is 7.17. The molecule has 0 aliphatic rings. The van der Waals surface area contributed by atoms with Crippen LogP contribution < -0.4 is 5.32 Å². The second-order valence-electron chi connectivity index (χ2n) is 8.40. The average Bonchev–Trinajstić information content (AvgIpc) is 3.14. The van der Waals surface area contributed by atoms with E-state index < -0.39 is 6.04 Å². The average molecular weight is 491 g/mol. The third-order valence-corrected chi connectivity index (χ3v) is 6.05. The predicted molar refractivity (Wildman–Crippen MR) is 136 cm³/mol. The molecular formula is C27H27ClN4O3. The van der Waals surface area contributed by atoms with Crippen molar-refractivity contribution in [3.8, 4) is 5.69 Å². The number of amides is 1. The molecule has 2 aromatic heterocycles. The molecule has 4 aromatic rings. The summed E-state index contributed by atoms with van der Waals surface area (Å²) in [6, 6.07) is 16.3. The molecule has 35 heavy (non-hydrogen) atoms. The summed E-state index contributed by atoms with van der Waals surface area (Å²) in [4.78, 5) is 30.6. The van der Waals surface area contributed by atoms with Gasteiger partial charge in [-0.25, -0.2) is 9.67 Å². The van der Waals surface area contributed by atoms with Crippen molar-refractivity contribution in [2.45, 2.75) is 40.2 Å². The summed E-state index contributed by atoms with van der Waals surface area (Å²) in [5.41, 5.74) is 4.87. The maximum atomic E-state index is 13.6. The van der Waals surface area contributed by atoms with E-state index in [2.05, 4.69) is 15.4 Å². The van der Waals surface area contributed by atoms with Crippen molar-refractivity contribution in [3.05, 3.63) is 87.7 Å². The zero-order chi connectivity index (χ0) is 25.1. The lowest BCUT2D eigenvalue weighted by molar-refractivity contribution is -0.143. The van der Waals surface area contributed by atoms with E-state index in [-0.39, 0.29) is 24.9 Å². The number of ether oxygens (including phenoxy) is 1. The van der Waals surface area contributed by atoms with E-state index in [1.54, 1.807) is 23.7 Å². The summed E-state index contributed by atoms with van der Waals surface area (Å²) >= 11 is 6.42. The number of hydrogen-bond acceptors (Lipinski definition) is 5. The minimum atomic E-state index is -0.551. The first-order chi connectivity index (χ1) is 16.8. The van der Waals surface area contributed by atoms with Crippen molar-refractivity contribution in [2.75, 3.05) is 6.61 Å². The lowest BCUT2D eigenvalue weighted by Crippen LogP contribution is -2.31. The molecule has 0 radical (unpaired) electrons. The molecule has 180 valence electrons. The second-order valence-corrected chi connectivity index (χ2v) is 8.81. The smallest absolute Gasteiger partial charge is 0.308 e. The predicted octanol–water partition coefficient (Wildman–Crippen LogP) is 5.42. The normalized spacial score (nSPS) is 11.9. The minimum Gasteiger partial charge on any atom is -0.466 e. The highest BCUT2D eigenvalue weighted by molar-refractivity contribution is 6.32. The van der Waals surface area contributed by atoms with Gasteiger partial charge in [-0.15, -0.1) is 0 Å². The van der Waals surface area contributed by atoms with Crippen molar-refractivity contribution < 1.29 is 14.3 Å². The highest BCUT2D eigenvalue weighted by Gasteiger charge is 2.24. The number of nitrogens with zero attached hydrogens (tertiary/aromatic N) is 3. The van der Waals surface area contributed by atoms with Crippen LogP contribution in [-0.4, -0.2) is 33.2 Å². The Labute approximate surface area is 209 Å². The van der Waals surface area contributed by atoms with Gasteiger partial charge >= 0.3 is 5.97 Å². The van der Waals surface area contributed by atoms with Crippen molar-refractivity contribution >= 4 is 34.5 Å². The molecule has 0 bridgehead atoms. The van der Waals surface area contributed by atoms with E-state index in [9.17, 15) is 9.59 Å². The molecule has 0 saturated heterocycles. The Morgan fingerprint density at radius 1 is 1.09 bits per heavy atom. The summed E-state index contributed by atoms with van der Waals surface area (Å²) in [6.45, 7) is 7.68. The van der Waals surface area contributed by atoms with Crippen LogP contribution in [0.1, 0.15) is 52.3 Å². The Hall–Kier alpha value is -3.71. The summed E-state index contributed by atoms with van der Waals surface area (Å²) in [7, 11) is 0. The number of nitrogens with one attached hydrogen (secondary N) is 1. The Balaban J connectivity index is 1.76. The largest absolute Gasteiger partial charge is 0.466 e. The number of aryl methyl sites for hydroxylation is 3. The Morgan fingerprint density at radius 3 is 2.49 bits per heavy atom. The molecule has 1 atom stereocenters. The molecule has 8 heteroatoms. The standard InChI is InChI=1S/C27H27ClN4O3/c1-5-35-24(33)15-22(19-12-10-16(2)11-13-19)30-27(34)20-14-17(3)29-26-25(20)18(4)31-32(26)23-9-7-6-8-21(23)28/h6-14,22H,5,15H2,1-4H3,(H,30,34). The SMILES string of the molecule is CCOC(=O)CC(NC(=O)c1cc(C)nc2c1c(C)nn2-c1ccccc1Cl)c1ccc(C)cc1. The van der Waals surface area contributed by atoms with Gasteiger partial charge in [0.2, 0.25) is 0 Å². The molecule has 0 aliphatic carbocycles. The Bertz CT molecular complexity index is 1400. The van der Waals surface area contributed by atoms with Gasteiger partial charge in [0.05, 0.1) is 46.4 Å². The van der Waals surface area contributed by atoms with Crippen LogP contribution in [0.25, 0.3) is 16.7 Å². The highest BCUT2D eigenvalue weighted by atomic mass is 35.5. The third-order valence-electron chi connectivity index (χ3n) is 5.73. The number of carbonyl (C=O) groups is 2. The van der Waals surface area contributed by atoms with Crippen LogP contribution in [0.4, 0.5) is 0 Å². The Morgan fingerprint density at radius 2 is 1.80 bits per heavy atom. The van der Waals surface area contributed by atoms with E-state index in [1.165, 1.54) is 0 Å². The van der Waals surface area contributed by atoms with E-state index in [1.807, 2.05) is 63.2 Å². The summed E-state index contributed by atoms with van der Waals surface area (Å²) in [5.74, 6) is -0.700. The molecule has 1 unspecified atom stereocenters. The van der Waals surface area contributed by atoms with Crippen LogP contribution in [0.15, 0.2) is 54.6 Å². The number of halogens is 1. The molecule has 0 saturated carbocycles. The summed E-state index contributed by atoms with van der Waals surface area (Å²) < 4.78 is 6.81. The topological polar surface area (TPSA) is 86.1 Å². The second kappa shape index (κ2) is 10.3. The number of benzene rings is 2. The van der Waals surface area contributed by atoms with E-state index in [4.69, 9.17) is 16.3 Å². The number of esters is 1. The fourth-order valence-electron chi connectivity index (χ4n) is 4.06. The fraction of sp³-hybridized carbons (Fsp3) is 0.259. The van der Waals surface area contributed by atoms with Crippen molar-refractivity contribution in [1.29, 1.82) is 0 Å². The van der Waals surface area contributed by atoms with Crippen LogP contribution in [0, 0.1) is 20.8 Å². The highest BCUT2D eigenvalue weighted by Crippen LogP contribution is 2.29. The zero-order valence-corrected chi connectivity index (χ0v) is 20.9. The van der Waals surface area contributed by atoms with Gasteiger partial charge in [0.1, 0.15) is 0 Å². The van der Waals surface area contributed by atoms with E-state index in [0.717, 1.165) is 11.1 Å². The third kappa shape index (κ3) is 5.20. The fourth-order valence-corrected chi connectivity index (χ4v) is 4.27. The molecule has 2 aromatic carbocycles. The number of rotatable bonds is 7. The molecule has 2 heterocycles. The van der Waals surface area contributed by atoms with Gasteiger partial charge in [-0.2, -0.15) is 5.10 Å². The summed E-state index contributed by atoms with van der Waals surface area (Å²) in [5, 5.41) is 8.83. The van der Waals surface area contributed by atoms with Gasteiger partial charge in [-0.05, 0) is 51.5 Å². The number of hydrogen-bond donors (Lipinski definition) is 1. The van der Waals surface area contributed by atoms with Gasteiger partial charge < -0.3 is 10.1 Å².